The summed E-state index contributed by atoms with van der Waals surface area (Å²) in [4.78, 5) is 12.0. The molecule has 0 aliphatic heterocycles. The number of anilines is 2. The molecule has 0 radical (unpaired) electrons. The van der Waals surface area contributed by atoms with Crippen LogP contribution in [-0.4, -0.2) is 5.91 Å². The van der Waals surface area contributed by atoms with Crippen LogP contribution in [0.25, 0.3) is 0 Å². The number of benzene rings is 2. The number of halogens is 2. The number of nitrogen functional groups attached to an aromatic ring is 1. The first-order valence-corrected chi connectivity index (χ1v) is 6.38. The molecule has 1 amide bonds. The molecule has 0 bridgehead atoms. The van der Waals surface area contributed by atoms with E-state index in [0.29, 0.717) is 11.3 Å². The predicted molar refractivity (Wildman–Crippen MR) is 77.6 cm³/mol. The van der Waals surface area contributed by atoms with E-state index in [1.807, 2.05) is 13.0 Å². The number of hydrogen-bond donors (Lipinski definition) is 2. The van der Waals surface area contributed by atoms with Crippen molar-refractivity contribution in [1.29, 1.82) is 0 Å². The minimum absolute atomic E-state index is 0.0521. The molecule has 0 saturated carbocycles. The lowest BCUT2D eigenvalue weighted by molar-refractivity contribution is 0.102. The number of rotatable bonds is 2. The number of nitrogens with two attached hydrogens (primary N) is 1. The third-order valence-corrected chi connectivity index (χ3v) is 3.02. The molecule has 3 nitrogen and oxygen atoms in total. The van der Waals surface area contributed by atoms with Gasteiger partial charge in [-0.05, 0) is 48.9 Å². The fourth-order valence-corrected chi connectivity index (χ4v) is 2.28. The molecule has 19 heavy (non-hydrogen) atoms. The van der Waals surface area contributed by atoms with Crippen molar-refractivity contribution in [2.45, 2.75) is 6.92 Å². The highest BCUT2D eigenvalue weighted by Gasteiger charge is 2.08. The van der Waals surface area contributed by atoms with E-state index in [1.165, 1.54) is 12.1 Å². The molecule has 0 unspecified atom stereocenters. The Morgan fingerprint density at radius 3 is 2.63 bits per heavy atom. The van der Waals surface area contributed by atoms with E-state index >= 15 is 0 Å². The monoisotopic (exact) mass is 322 g/mol. The van der Waals surface area contributed by atoms with Crippen molar-refractivity contribution in [3.8, 4) is 0 Å². The summed E-state index contributed by atoms with van der Waals surface area (Å²) in [5, 5.41) is 2.63. The molecule has 0 heterocycles. The Morgan fingerprint density at radius 2 is 2.00 bits per heavy atom. The normalized spacial score (nSPS) is 10.3. The second-order valence-electron chi connectivity index (χ2n) is 4.21. The lowest BCUT2D eigenvalue weighted by atomic mass is 10.1. The Hall–Kier alpha value is -1.88. The average Bonchev–Trinajstić information content (AvgIpc) is 2.32. The van der Waals surface area contributed by atoms with Gasteiger partial charge < -0.3 is 11.1 Å². The third-order valence-electron chi connectivity index (χ3n) is 2.56. The molecular weight excluding hydrogens is 311 g/mol. The zero-order valence-corrected chi connectivity index (χ0v) is 11.8. The van der Waals surface area contributed by atoms with Gasteiger partial charge in [-0.3, -0.25) is 4.79 Å². The van der Waals surface area contributed by atoms with Crippen LogP contribution in [0.1, 0.15) is 15.9 Å². The molecule has 2 aromatic carbocycles. The first kappa shape index (κ1) is 13.5. The highest BCUT2D eigenvalue weighted by Crippen LogP contribution is 2.19. The Labute approximate surface area is 118 Å². The molecule has 0 spiro atoms. The van der Waals surface area contributed by atoms with E-state index < -0.39 is 5.82 Å². The molecule has 0 aromatic heterocycles. The van der Waals surface area contributed by atoms with Gasteiger partial charge in [0.1, 0.15) is 5.82 Å². The van der Waals surface area contributed by atoms with E-state index in [0.717, 1.165) is 10.0 Å². The van der Waals surface area contributed by atoms with Crippen LogP contribution in [0.15, 0.2) is 40.9 Å². The fraction of sp³-hybridized carbons (Fsp3) is 0.0714. The summed E-state index contributed by atoms with van der Waals surface area (Å²) in [6.07, 6.45) is 0. The predicted octanol–water partition coefficient (Wildman–Crippen LogP) is 3.73. The smallest absolute Gasteiger partial charge is 0.255 e. The minimum atomic E-state index is -0.553. The van der Waals surface area contributed by atoms with Gasteiger partial charge in [0.05, 0.1) is 5.69 Å². The van der Waals surface area contributed by atoms with Crippen LogP contribution in [0, 0.1) is 12.7 Å². The van der Waals surface area contributed by atoms with E-state index in [1.54, 1.807) is 18.2 Å². The first-order valence-electron chi connectivity index (χ1n) is 5.59. The van der Waals surface area contributed by atoms with Crippen molar-refractivity contribution in [2.24, 2.45) is 0 Å². The Kier molecular flexibility index (Phi) is 3.85. The summed E-state index contributed by atoms with van der Waals surface area (Å²) in [7, 11) is 0. The van der Waals surface area contributed by atoms with Crippen LogP contribution < -0.4 is 11.1 Å². The van der Waals surface area contributed by atoms with Gasteiger partial charge in [0.25, 0.3) is 5.91 Å². The number of nitrogens with one attached hydrogen (secondary N) is 1. The standard InChI is InChI=1S/C14H12BrFN2O/c1-8-4-9(6-10(15)5-8)14(19)18-11-2-3-13(17)12(16)7-11/h2-7H,17H2,1H3,(H,18,19). The van der Waals surface area contributed by atoms with Gasteiger partial charge in [-0.1, -0.05) is 15.9 Å². The maximum atomic E-state index is 13.3. The molecule has 5 heteroatoms. The lowest BCUT2D eigenvalue weighted by Crippen LogP contribution is -2.12. The van der Waals surface area contributed by atoms with Crippen molar-refractivity contribution in [2.75, 3.05) is 11.1 Å². The van der Waals surface area contributed by atoms with Gasteiger partial charge >= 0.3 is 0 Å². The molecule has 0 aliphatic rings. The van der Waals surface area contributed by atoms with E-state index in [-0.39, 0.29) is 11.6 Å². The summed E-state index contributed by atoms with van der Waals surface area (Å²) in [5.74, 6) is -0.850. The second-order valence-corrected chi connectivity index (χ2v) is 5.12. The first-order chi connectivity index (χ1) is 8.95. The number of carbonyl (C=O) groups excluding carboxylic acids is 1. The van der Waals surface area contributed by atoms with Gasteiger partial charge in [0, 0.05) is 15.7 Å². The zero-order chi connectivity index (χ0) is 14.0. The SMILES string of the molecule is Cc1cc(Br)cc(C(=O)Nc2ccc(N)c(F)c2)c1. The quantitative estimate of drug-likeness (QED) is 0.828. The maximum Gasteiger partial charge on any atom is 0.255 e. The second kappa shape index (κ2) is 5.40. The molecule has 3 N–H and O–H groups in total. The van der Waals surface area contributed by atoms with Crippen LogP contribution >= 0.6 is 15.9 Å². The van der Waals surface area contributed by atoms with Crippen LogP contribution in [0.3, 0.4) is 0 Å². The maximum absolute atomic E-state index is 13.3. The van der Waals surface area contributed by atoms with E-state index in [9.17, 15) is 9.18 Å². The molecule has 98 valence electrons. The van der Waals surface area contributed by atoms with Gasteiger partial charge in [-0.25, -0.2) is 4.39 Å². The van der Waals surface area contributed by atoms with Gasteiger partial charge in [0.2, 0.25) is 0 Å². The van der Waals surface area contributed by atoms with Gasteiger partial charge in [-0.15, -0.1) is 0 Å². The van der Waals surface area contributed by atoms with Crippen molar-refractivity contribution < 1.29 is 9.18 Å². The van der Waals surface area contributed by atoms with Gasteiger partial charge in [0.15, 0.2) is 0 Å². The Balaban J connectivity index is 2.22. The topological polar surface area (TPSA) is 55.1 Å². The Bertz CT molecular complexity index is 623. The van der Waals surface area contributed by atoms with Crippen LogP contribution in [0.5, 0.6) is 0 Å². The van der Waals surface area contributed by atoms with Crippen LogP contribution in [0.2, 0.25) is 0 Å². The molecule has 0 aliphatic carbocycles. The van der Waals surface area contributed by atoms with Crippen molar-refractivity contribution in [1.82, 2.24) is 0 Å². The molecular formula is C14H12BrFN2O. The van der Waals surface area contributed by atoms with Crippen molar-refractivity contribution >= 4 is 33.2 Å². The summed E-state index contributed by atoms with van der Waals surface area (Å²) in [6.45, 7) is 1.89. The molecule has 2 rings (SSSR count). The number of aryl methyl sites for hydroxylation is 1. The Morgan fingerprint density at radius 1 is 1.26 bits per heavy atom. The molecule has 0 atom stereocenters. The van der Waals surface area contributed by atoms with Crippen LogP contribution in [-0.2, 0) is 0 Å². The number of hydrogen-bond acceptors (Lipinski definition) is 2. The molecule has 0 saturated heterocycles. The minimum Gasteiger partial charge on any atom is -0.396 e. The highest BCUT2D eigenvalue weighted by atomic mass is 79.9. The van der Waals surface area contributed by atoms with Crippen molar-refractivity contribution in [3.05, 3.63) is 57.8 Å². The highest BCUT2D eigenvalue weighted by molar-refractivity contribution is 9.10. The number of amides is 1. The average molecular weight is 323 g/mol. The summed E-state index contributed by atoms with van der Waals surface area (Å²) >= 11 is 3.33. The summed E-state index contributed by atoms with van der Waals surface area (Å²) in [6, 6.07) is 9.53. The zero-order valence-electron chi connectivity index (χ0n) is 10.2. The van der Waals surface area contributed by atoms with Crippen LogP contribution in [0.4, 0.5) is 15.8 Å². The van der Waals surface area contributed by atoms with Crippen molar-refractivity contribution in [3.63, 3.8) is 0 Å². The largest absolute Gasteiger partial charge is 0.396 e. The summed E-state index contributed by atoms with van der Waals surface area (Å²) in [5.41, 5.74) is 7.26. The third kappa shape index (κ3) is 3.32. The molecule has 0 fully saturated rings. The molecule has 2 aromatic rings. The summed E-state index contributed by atoms with van der Waals surface area (Å²) < 4.78 is 14.1. The fourth-order valence-electron chi connectivity index (χ4n) is 1.68. The van der Waals surface area contributed by atoms with E-state index in [2.05, 4.69) is 21.2 Å². The van der Waals surface area contributed by atoms with Gasteiger partial charge in [-0.2, -0.15) is 0 Å². The van der Waals surface area contributed by atoms with E-state index in [4.69, 9.17) is 5.73 Å². The number of carbonyl (C=O) groups is 1. The lowest BCUT2D eigenvalue weighted by Gasteiger charge is -2.07.